The SMILES string of the molecule is Cc1ccc(NC(=O)C2(c3nc4ccccc4o3)CC2)cc1F. The zero-order valence-electron chi connectivity index (χ0n) is 12.6. The van der Waals surface area contributed by atoms with Crippen molar-refractivity contribution in [3.05, 3.63) is 59.7 Å². The average molecular weight is 310 g/mol. The Morgan fingerprint density at radius 2 is 2.04 bits per heavy atom. The number of anilines is 1. The highest BCUT2D eigenvalue weighted by atomic mass is 19.1. The molecule has 0 aliphatic heterocycles. The molecular formula is C18H15FN2O2. The van der Waals surface area contributed by atoms with Crippen LogP contribution in [0.3, 0.4) is 0 Å². The van der Waals surface area contributed by atoms with Gasteiger partial charge >= 0.3 is 0 Å². The van der Waals surface area contributed by atoms with Crippen LogP contribution in [0.15, 0.2) is 46.9 Å². The Morgan fingerprint density at radius 3 is 2.74 bits per heavy atom. The first-order valence-electron chi connectivity index (χ1n) is 7.52. The van der Waals surface area contributed by atoms with E-state index in [2.05, 4.69) is 10.3 Å². The van der Waals surface area contributed by atoms with Crippen molar-refractivity contribution in [2.75, 3.05) is 5.32 Å². The van der Waals surface area contributed by atoms with E-state index in [1.54, 1.807) is 19.1 Å². The molecule has 1 heterocycles. The Kier molecular flexibility index (Phi) is 2.98. The van der Waals surface area contributed by atoms with E-state index in [-0.39, 0.29) is 11.7 Å². The van der Waals surface area contributed by atoms with E-state index >= 15 is 0 Å². The van der Waals surface area contributed by atoms with Crippen LogP contribution in [0.2, 0.25) is 0 Å². The molecule has 0 bridgehead atoms. The zero-order valence-corrected chi connectivity index (χ0v) is 12.6. The molecule has 116 valence electrons. The highest BCUT2D eigenvalue weighted by Gasteiger charge is 2.55. The van der Waals surface area contributed by atoms with Gasteiger partial charge in [0.2, 0.25) is 11.8 Å². The lowest BCUT2D eigenvalue weighted by molar-refractivity contribution is -0.119. The number of carbonyl (C=O) groups is 1. The molecule has 4 rings (SSSR count). The maximum Gasteiger partial charge on any atom is 0.239 e. The predicted octanol–water partition coefficient (Wildman–Crippen LogP) is 3.95. The molecule has 5 heteroatoms. The molecule has 23 heavy (non-hydrogen) atoms. The first kappa shape index (κ1) is 13.9. The second-order valence-electron chi connectivity index (χ2n) is 5.99. The van der Waals surface area contributed by atoms with Crippen LogP contribution in [0.4, 0.5) is 10.1 Å². The Labute approximate surface area is 132 Å². The Morgan fingerprint density at radius 1 is 1.26 bits per heavy atom. The zero-order chi connectivity index (χ0) is 16.0. The number of para-hydroxylation sites is 2. The van der Waals surface area contributed by atoms with E-state index in [0.717, 1.165) is 5.52 Å². The second kappa shape index (κ2) is 4.91. The number of halogens is 1. The molecule has 0 saturated heterocycles. The van der Waals surface area contributed by atoms with Crippen LogP contribution in [-0.2, 0) is 10.2 Å². The molecule has 1 amide bonds. The Hall–Kier alpha value is -2.69. The summed E-state index contributed by atoms with van der Waals surface area (Å²) >= 11 is 0. The number of rotatable bonds is 3. The van der Waals surface area contributed by atoms with Gasteiger partial charge in [0.15, 0.2) is 5.58 Å². The monoisotopic (exact) mass is 310 g/mol. The fraction of sp³-hybridized carbons (Fsp3) is 0.222. The third-order valence-electron chi connectivity index (χ3n) is 4.32. The molecule has 0 radical (unpaired) electrons. The number of amides is 1. The minimum absolute atomic E-state index is 0.202. The first-order chi connectivity index (χ1) is 11.1. The number of aryl methyl sites for hydroxylation is 1. The van der Waals surface area contributed by atoms with Gasteiger partial charge in [-0.3, -0.25) is 4.79 Å². The van der Waals surface area contributed by atoms with Crippen LogP contribution >= 0.6 is 0 Å². The van der Waals surface area contributed by atoms with Crippen LogP contribution < -0.4 is 5.32 Å². The van der Waals surface area contributed by atoms with Crippen molar-refractivity contribution >= 4 is 22.7 Å². The minimum atomic E-state index is -0.736. The normalized spacial score (nSPS) is 15.6. The van der Waals surface area contributed by atoms with Crippen LogP contribution in [-0.4, -0.2) is 10.9 Å². The van der Waals surface area contributed by atoms with Crippen molar-refractivity contribution in [1.82, 2.24) is 4.98 Å². The van der Waals surface area contributed by atoms with Crippen molar-refractivity contribution in [2.24, 2.45) is 0 Å². The number of benzene rings is 2. The Bertz CT molecular complexity index is 879. The molecule has 0 atom stereocenters. The average Bonchev–Trinajstić information content (AvgIpc) is 3.24. The smallest absolute Gasteiger partial charge is 0.239 e. The Balaban J connectivity index is 1.63. The highest BCUT2D eigenvalue weighted by molar-refractivity contribution is 6.01. The molecule has 1 aromatic heterocycles. The summed E-state index contributed by atoms with van der Waals surface area (Å²) in [5.41, 5.74) is 1.66. The van der Waals surface area contributed by atoms with Gasteiger partial charge in [-0.1, -0.05) is 18.2 Å². The van der Waals surface area contributed by atoms with Gasteiger partial charge in [0.05, 0.1) is 0 Å². The topological polar surface area (TPSA) is 55.1 Å². The summed E-state index contributed by atoms with van der Waals surface area (Å²) < 4.78 is 19.4. The fourth-order valence-electron chi connectivity index (χ4n) is 2.66. The van der Waals surface area contributed by atoms with Gasteiger partial charge in [0, 0.05) is 5.69 Å². The highest BCUT2D eigenvalue weighted by Crippen LogP contribution is 2.49. The number of hydrogen-bond donors (Lipinski definition) is 1. The quantitative estimate of drug-likeness (QED) is 0.797. The summed E-state index contributed by atoms with van der Waals surface area (Å²) in [5, 5.41) is 2.78. The van der Waals surface area contributed by atoms with Crippen LogP contribution in [0.1, 0.15) is 24.3 Å². The maximum atomic E-state index is 13.6. The summed E-state index contributed by atoms with van der Waals surface area (Å²) in [6.45, 7) is 1.68. The molecule has 2 aromatic carbocycles. The third kappa shape index (κ3) is 2.29. The number of nitrogens with one attached hydrogen (secondary N) is 1. The fourth-order valence-corrected chi connectivity index (χ4v) is 2.66. The minimum Gasteiger partial charge on any atom is -0.440 e. The lowest BCUT2D eigenvalue weighted by Crippen LogP contribution is -2.28. The molecule has 1 saturated carbocycles. The summed E-state index contributed by atoms with van der Waals surface area (Å²) in [6.07, 6.45) is 1.36. The molecule has 1 fully saturated rings. The van der Waals surface area contributed by atoms with Gasteiger partial charge < -0.3 is 9.73 Å². The van der Waals surface area contributed by atoms with Crippen molar-refractivity contribution in [3.63, 3.8) is 0 Å². The van der Waals surface area contributed by atoms with Gasteiger partial charge in [-0.05, 0) is 49.6 Å². The summed E-state index contributed by atoms with van der Waals surface area (Å²) in [7, 11) is 0. The van der Waals surface area contributed by atoms with Crippen LogP contribution in [0.25, 0.3) is 11.1 Å². The summed E-state index contributed by atoms with van der Waals surface area (Å²) in [5.74, 6) is -0.106. The number of hydrogen-bond acceptors (Lipinski definition) is 3. The van der Waals surface area contributed by atoms with Crippen molar-refractivity contribution in [2.45, 2.75) is 25.2 Å². The van der Waals surface area contributed by atoms with E-state index in [1.807, 2.05) is 24.3 Å². The van der Waals surface area contributed by atoms with Gasteiger partial charge in [-0.2, -0.15) is 0 Å². The van der Waals surface area contributed by atoms with Gasteiger partial charge in [0.25, 0.3) is 0 Å². The maximum absolute atomic E-state index is 13.6. The predicted molar refractivity (Wildman–Crippen MR) is 84.7 cm³/mol. The first-order valence-corrected chi connectivity index (χ1v) is 7.52. The molecule has 0 unspecified atom stereocenters. The second-order valence-corrected chi connectivity index (χ2v) is 5.99. The van der Waals surface area contributed by atoms with E-state index in [9.17, 15) is 9.18 Å². The molecular weight excluding hydrogens is 295 g/mol. The van der Waals surface area contributed by atoms with Gasteiger partial charge in [0.1, 0.15) is 16.7 Å². The lowest BCUT2D eigenvalue weighted by Gasteiger charge is -2.12. The lowest BCUT2D eigenvalue weighted by atomic mass is 10.1. The molecule has 1 N–H and O–H groups in total. The number of oxazole rings is 1. The van der Waals surface area contributed by atoms with Crippen LogP contribution in [0.5, 0.6) is 0 Å². The molecule has 4 nitrogen and oxygen atoms in total. The molecule has 3 aromatic rings. The van der Waals surface area contributed by atoms with Gasteiger partial charge in [-0.15, -0.1) is 0 Å². The van der Waals surface area contributed by atoms with Gasteiger partial charge in [-0.25, -0.2) is 9.37 Å². The molecule has 0 spiro atoms. The van der Waals surface area contributed by atoms with Crippen LogP contribution in [0, 0.1) is 12.7 Å². The van der Waals surface area contributed by atoms with E-state index in [4.69, 9.17) is 4.42 Å². The number of carbonyl (C=O) groups excluding carboxylic acids is 1. The van der Waals surface area contributed by atoms with Crippen molar-refractivity contribution < 1.29 is 13.6 Å². The molecule has 1 aliphatic rings. The standard InChI is InChI=1S/C18H15FN2O2/c1-11-6-7-12(10-13(11)19)20-16(22)18(8-9-18)17-21-14-4-2-3-5-15(14)23-17/h2-7,10H,8-9H2,1H3,(H,20,22). The third-order valence-corrected chi connectivity index (χ3v) is 4.32. The van der Waals surface area contributed by atoms with E-state index in [0.29, 0.717) is 35.6 Å². The summed E-state index contributed by atoms with van der Waals surface area (Å²) in [4.78, 5) is 17.1. The number of nitrogens with zero attached hydrogens (tertiary/aromatic N) is 1. The van der Waals surface area contributed by atoms with Crippen molar-refractivity contribution in [3.8, 4) is 0 Å². The summed E-state index contributed by atoms with van der Waals surface area (Å²) in [6, 6.07) is 12.1. The number of fused-ring (bicyclic) bond motifs is 1. The van der Waals surface area contributed by atoms with E-state index < -0.39 is 5.41 Å². The molecule has 1 aliphatic carbocycles. The largest absolute Gasteiger partial charge is 0.440 e. The van der Waals surface area contributed by atoms with E-state index in [1.165, 1.54) is 6.07 Å². The number of aromatic nitrogens is 1. The van der Waals surface area contributed by atoms with Crippen molar-refractivity contribution in [1.29, 1.82) is 0 Å².